The third-order valence-electron chi connectivity index (χ3n) is 5.41. The zero-order valence-electron chi connectivity index (χ0n) is 18.1. The number of rotatable bonds is 8. The average Bonchev–Trinajstić information content (AvgIpc) is 3.22. The van der Waals surface area contributed by atoms with Gasteiger partial charge in [-0.1, -0.05) is 12.1 Å². The van der Waals surface area contributed by atoms with Crippen molar-refractivity contribution in [3.8, 4) is 17.0 Å². The van der Waals surface area contributed by atoms with Crippen molar-refractivity contribution in [2.24, 2.45) is 7.05 Å². The number of carbonyl (C=O) groups excluding carboxylic acids is 1. The molecule has 0 atom stereocenters. The van der Waals surface area contributed by atoms with Crippen LogP contribution in [0.1, 0.15) is 5.56 Å². The summed E-state index contributed by atoms with van der Waals surface area (Å²) in [4.78, 5) is 14.8. The summed E-state index contributed by atoms with van der Waals surface area (Å²) >= 11 is 0. The first-order valence-electron chi connectivity index (χ1n) is 10.7. The lowest BCUT2D eigenvalue weighted by atomic mass is 10.1. The number of morpholine rings is 1. The van der Waals surface area contributed by atoms with Crippen LogP contribution in [0, 0.1) is 5.82 Å². The monoisotopic (exact) mass is 438 g/mol. The predicted octanol–water partition coefficient (Wildman–Crippen LogP) is 3.12. The fourth-order valence-electron chi connectivity index (χ4n) is 3.67. The van der Waals surface area contributed by atoms with Gasteiger partial charge in [0.15, 0.2) is 0 Å². The summed E-state index contributed by atoms with van der Waals surface area (Å²) in [5, 5.41) is 7.18. The predicted molar refractivity (Wildman–Crippen MR) is 120 cm³/mol. The van der Waals surface area contributed by atoms with E-state index < -0.39 is 0 Å². The smallest absolute Gasteiger partial charge is 0.228 e. The summed E-state index contributed by atoms with van der Waals surface area (Å²) in [5.41, 5.74) is 3.15. The van der Waals surface area contributed by atoms with Gasteiger partial charge in [0.1, 0.15) is 18.2 Å². The maximum absolute atomic E-state index is 13.1. The molecule has 7 nitrogen and oxygen atoms in total. The molecule has 1 fully saturated rings. The SMILES string of the molecule is Cn1nccc1-c1cc(NC(=O)Cc2ccc(F)cc2)ccc1OCCN1CCOCC1. The topological polar surface area (TPSA) is 68.6 Å². The first-order chi connectivity index (χ1) is 15.6. The molecule has 168 valence electrons. The molecule has 1 aliphatic heterocycles. The highest BCUT2D eigenvalue weighted by Gasteiger charge is 2.15. The minimum Gasteiger partial charge on any atom is -0.492 e. The molecule has 1 aromatic heterocycles. The molecule has 1 N–H and O–H groups in total. The molecule has 0 bridgehead atoms. The number of carbonyl (C=O) groups is 1. The van der Waals surface area contributed by atoms with Gasteiger partial charge in [-0.15, -0.1) is 0 Å². The minimum atomic E-state index is -0.320. The van der Waals surface area contributed by atoms with Crippen LogP contribution in [0.4, 0.5) is 10.1 Å². The van der Waals surface area contributed by atoms with Crippen LogP contribution in [0.2, 0.25) is 0 Å². The fraction of sp³-hybridized carbons (Fsp3) is 0.333. The second-order valence-corrected chi connectivity index (χ2v) is 7.70. The molecule has 2 aromatic carbocycles. The Morgan fingerprint density at radius 2 is 1.94 bits per heavy atom. The van der Waals surface area contributed by atoms with Crippen molar-refractivity contribution >= 4 is 11.6 Å². The van der Waals surface area contributed by atoms with Crippen LogP contribution in [0.3, 0.4) is 0 Å². The van der Waals surface area contributed by atoms with Crippen LogP contribution in [-0.2, 0) is 23.0 Å². The van der Waals surface area contributed by atoms with E-state index in [2.05, 4.69) is 15.3 Å². The number of amides is 1. The van der Waals surface area contributed by atoms with Crippen molar-refractivity contribution in [2.45, 2.75) is 6.42 Å². The quantitative estimate of drug-likeness (QED) is 0.585. The van der Waals surface area contributed by atoms with Crippen molar-refractivity contribution in [1.82, 2.24) is 14.7 Å². The van der Waals surface area contributed by atoms with E-state index >= 15 is 0 Å². The van der Waals surface area contributed by atoms with Gasteiger partial charge < -0.3 is 14.8 Å². The van der Waals surface area contributed by atoms with Crippen LogP contribution in [-0.4, -0.2) is 60.0 Å². The van der Waals surface area contributed by atoms with E-state index in [4.69, 9.17) is 9.47 Å². The zero-order valence-corrected chi connectivity index (χ0v) is 18.1. The van der Waals surface area contributed by atoms with E-state index in [1.165, 1.54) is 12.1 Å². The first kappa shape index (κ1) is 22.0. The highest BCUT2D eigenvalue weighted by Crippen LogP contribution is 2.32. The molecule has 0 radical (unpaired) electrons. The van der Waals surface area contributed by atoms with Crippen molar-refractivity contribution in [3.63, 3.8) is 0 Å². The molecule has 1 aliphatic rings. The number of hydrogen-bond donors (Lipinski definition) is 1. The van der Waals surface area contributed by atoms with Crippen LogP contribution >= 0.6 is 0 Å². The van der Waals surface area contributed by atoms with Crippen molar-refractivity contribution in [1.29, 1.82) is 0 Å². The lowest BCUT2D eigenvalue weighted by Crippen LogP contribution is -2.38. The maximum atomic E-state index is 13.1. The standard InChI is InChI=1S/C24H27FN4O3/c1-28-22(8-9-26-28)21-17-20(27-24(30)16-18-2-4-19(25)5-3-18)6-7-23(21)32-15-12-29-10-13-31-14-11-29/h2-9,17H,10-16H2,1H3,(H,27,30). The molecule has 1 saturated heterocycles. The zero-order chi connectivity index (χ0) is 22.3. The van der Waals surface area contributed by atoms with Gasteiger partial charge in [-0.25, -0.2) is 4.39 Å². The number of ether oxygens (including phenoxy) is 2. The Morgan fingerprint density at radius 1 is 1.16 bits per heavy atom. The van der Waals surface area contributed by atoms with Crippen LogP contribution in [0.5, 0.6) is 5.75 Å². The summed E-state index contributed by atoms with van der Waals surface area (Å²) in [5.74, 6) is 0.242. The second kappa shape index (κ2) is 10.4. The number of halogens is 1. The molecule has 1 amide bonds. The fourth-order valence-corrected chi connectivity index (χ4v) is 3.67. The van der Waals surface area contributed by atoms with Gasteiger partial charge in [0, 0.05) is 44.1 Å². The Balaban J connectivity index is 1.46. The molecule has 0 spiro atoms. The van der Waals surface area contributed by atoms with Crippen LogP contribution in [0.15, 0.2) is 54.7 Å². The molecule has 32 heavy (non-hydrogen) atoms. The Hall–Kier alpha value is -3.23. The summed E-state index contributed by atoms with van der Waals surface area (Å²) < 4.78 is 26.4. The van der Waals surface area contributed by atoms with E-state index in [1.54, 1.807) is 23.0 Å². The summed E-state index contributed by atoms with van der Waals surface area (Å²) in [6.45, 7) is 4.72. The third-order valence-corrected chi connectivity index (χ3v) is 5.41. The normalized spacial score (nSPS) is 14.3. The molecule has 2 heterocycles. The number of anilines is 1. The van der Waals surface area contributed by atoms with Gasteiger partial charge in [0.25, 0.3) is 0 Å². The molecule has 0 aliphatic carbocycles. The van der Waals surface area contributed by atoms with Gasteiger partial charge in [-0.2, -0.15) is 5.10 Å². The first-order valence-corrected chi connectivity index (χ1v) is 10.7. The molecule has 3 aromatic rings. The van der Waals surface area contributed by atoms with Crippen molar-refractivity contribution < 1.29 is 18.7 Å². The number of aromatic nitrogens is 2. The number of benzene rings is 2. The number of aryl methyl sites for hydroxylation is 1. The van der Waals surface area contributed by atoms with Crippen LogP contribution in [0.25, 0.3) is 11.3 Å². The molecular formula is C24H27FN4O3. The largest absolute Gasteiger partial charge is 0.492 e. The second-order valence-electron chi connectivity index (χ2n) is 7.70. The number of nitrogens with zero attached hydrogens (tertiary/aromatic N) is 3. The van der Waals surface area contributed by atoms with Crippen LogP contribution < -0.4 is 10.1 Å². The molecular weight excluding hydrogens is 411 g/mol. The highest BCUT2D eigenvalue weighted by atomic mass is 19.1. The highest BCUT2D eigenvalue weighted by molar-refractivity contribution is 5.93. The molecule has 0 unspecified atom stereocenters. The third kappa shape index (κ3) is 5.72. The van der Waals surface area contributed by atoms with Crippen molar-refractivity contribution in [3.05, 3.63) is 66.1 Å². The summed E-state index contributed by atoms with van der Waals surface area (Å²) in [6.07, 6.45) is 1.89. The summed E-state index contributed by atoms with van der Waals surface area (Å²) in [6, 6.07) is 13.4. The van der Waals surface area contributed by atoms with E-state index in [0.29, 0.717) is 12.3 Å². The Kier molecular flexibility index (Phi) is 7.14. The maximum Gasteiger partial charge on any atom is 0.228 e. The van der Waals surface area contributed by atoms with E-state index in [9.17, 15) is 9.18 Å². The molecule has 8 heteroatoms. The van der Waals surface area contributed by atoms with E-state index in [-0.39, 0.29) is 18.1 Å². The Morgan fingerprint density at radius 3 is 2.66 bits per heavy atom. The van der Waals surface area contributed by atoms with Gasteiger partial charge in [-0.3, -0.25) is 14.4 Å². The van der Waals surface area contributed by atoms with Gasteiger partial charge in [0.2, 0.25) is 5.91 Å². The number of hydrogen-bond acceptors (Lipinski definition) is 5. The van der Waals surface area contributed by atoms with Gasteiger partial charge in [-0.05, 0) is 42.0 Å². The van der Waals surface area contributed by atoms with Gasteiger partial charge >= 0.3 is 0 Å². The van der Waals surface area contributed by atoms with Crippen molar-refractivity contribution in [2.75, 3.05) is 44.8 Å². The lowest BCUT2D eigenvalue weighted by molar-refractivity contribution is -0.115. The Labute approximate surface area is 186 Å². The lowest BCUT2D eigenvalue weighted by Gasteiger charge is -2.26. The molecule has 4 rings (SSSR count). The Bertz CT molecular complexity index is 1050. The average molecular weight is 439 g/mol. The van der Waals surface area contributed by atoms with Gasteiger partial charge in [0.05, 0.1) is 25.3 Å². The minimum absolute atomic E-state index is 0.166. The number of nitrogens with one attached hydrogen (secondary N) is 1. The molecule has 0 saturated carbocycles. The van der Waals surface area contributed by atoms with E-state index in [0.717, 1.165) is 55.4 Å². The summed E-state index contributed by atoms with van der Waals surface area (Å²) in [7, 11) is 1.87. The van der Waals surface area contributed by atoms with E-state index in [1.807, 2.05) is 31.3 Å².